The molecular weight excluding hydrogens is 244 g/mol. The van der Waals surface area contributed by atoms with Gasteiger partial charge in [-0.15, -0.1) is 0 Å². The van der Waals surface area contributed by atoms with Crippen LogP contribution in [0.15, 0.2) is 24.3 Å². The first-order chi connectivity index (χ1) is 8.58. The number of rotatable bonds is 6. The number of para-hydroxylation sites is 1. The molecule has 0 amide bonds. The molecule has 0 aliphatic carbocycles. The zero-order valence-corrected chi connectivity index (χ0v) is 9.94. The van der Waals surface area contributed by atoms with E-state index >= 15 is 0 Å². The molecule has 1 rings (SSSR count). The summed E-state index contributed by atoms with van der Waals surface area (Å²) in [6.45, 7) is -2.78. The predicted octanol–water partition coefficient (Wildman–Crippen LogP) is 1.89. The normalized spacial score (nSPS) is 12.3. The Morgan fingerprint density at radius 3 is 2.61 bits per heavy atom. The van der Waals surface area contributed by atoms with Gasteiger partial charge in [0.2, 0.25) is 0 Å². The van der Waals surface area contributed by atoms with E-state index in [9.17, 15) is 13.6 Å². The van der Waals surface area contributed by atoms with Gasteiger partial charge in [0, 0.05) is 5.92 Å². The highest BCUT2D eigenvalue weighted by Gasteiger charge is 2.20. The van der Waals surface area contributed by atoms with Crippen LogP contribution < -0.4 is 10.5 Å². The van der Waals surface area contributed by atoms with Gasteiger partial charge in [0.05, 0.1) is 13.5 Å². The number of carbonyl (C=O) groups is 1. The maximum absolute atomic E-state index is 12.3. The van der Waals surface area contributed by atoms with Gasteiger partial charge >= 0.3 is 12.6 Å². The lowest BCUT2D eigenvalue weighted by Crippen LogP contribution is -2.18. The number of ether oxygens (including phenoxy) is 2. The first-order valence-corrected chi connectivity index (χ1v) is 5.39. The largest absolute Gasteiger partial charge is 0.469 e. The minimum Gasteiger partial charge on any atom is -0.469 e. The van der Waals surface area contributed by atoms with Gasteiger partial charge in [-0.05, 0) is 18.2 Å². The number of alkyl halides is 2. The molecule has 18 heavy (non-hydrogen) atoms. The van der Waals surface area contributed by atoms with E-state index < -0.39 is 18.5 Å². The first kappa shape index (κ1) is 14.4. The van der Waals surface area contributed by atoms with Crippen LogP contribution in [0.1, 0.15) is 17.9 Å². The van der Waals surface area contributed by atoms with E-state index in [0.29, 0.717) is 5.56 Å². The van der Waals surface area contributed by atoms with E-state index in [1.54, 1.807) is 18.2 Å². The molecular formula is C12H15F2NO3. The van der Waals surface area contributed by atoms with Crippen molar-refractivity contribution in [3.8, 4) is 5.75 Å². The minimum absolute atomic E-state index is 0.0244. The van der Waals surface area contributed by atoms with Gasteiger partial charge in [0.25, 0.3) is 0 Å². The fourth-order valence-corrected chi connectivity index (χ4v) is 1.63. The Morgan fingerprint density at radius 2 is 2.06 bits per heavy atom. The molecule has 1 atom stereocenters. The summed E-state index contributed by atoms with van der Waals surface area (Å²) in [7, 11) is 1.26. The molecule has 0 fully saturated rings. The van der Waals surface area contributed by atoms with Crippen molar-refractivity contribution in [2.45, 2.75) is 19.0 Å². The SMILES string of the molecule is COC(=O)CC(CN)c1ccccc1OC(F)F. The van der Waals surface area contributed by atoms with E-state index in [-0.39, 0.29) is 18.7 Å². The molecule has 0 aromatic heterocycles. The Kier molecular flexibility index (Phi) is 5.51. The van der Waals surface area contributed by atoms with Crippen molar-refractivity contribution in [1.82, 2.24) is 0 Å². The molecule has 0 bridgehead atoms. The van der Waals surface area contributed by atoms with Crippen LogP contribution >= 0.6 is 0 Å². The highest BCUT2D eigenvalue weighted by Crippen LogP contribution is 2.29. The molecule has 100 valence electrons. The van der Waals surface area contributed by atoms with Gasteiger partial charge in [-0.2, -0.15) is 8.78 Å². The summed E-state index contributed by atoms with van der Waals surface area (Å²) >= 11 is 0. The summed E-state index contributed by atoms with van der Waals surface area (Å²) in [6.07, 6.45) is 0.0244. The lowest BCUT2D eigenvalue weighted by molar-refractivity contribution is -0.141. The summed E-state index contributed by atoms with van der Waals surface area (Å²) in [5.74, 6) is -0.823. The van der Waals surface area contributed by atoms with E-state index in [1.165, 1.54) is 13.2 Å². The second-order valence-corrected chi connectivity index (χ2v) is 3.63. The zero-order valence-electron chi connectivity index (χ0n) is 9.94. The van der Waals surface area contributed by atoms with Crippen LogP contribution in [0.5, 0.6) is 5.75 Å². The van der Waals surface area contributed by atoms with E-state index in [1.807, 2.05) is 0 Å². The van der Waals surface area contributed by atoms with Gasteiger partial charge in [-0.3, -0.25) is 4.79 Å². The predicted molar refractivity (Wildman–Crippen MR) is 61.5 cm³/mol. The van der Waals surface area contributed by atoms with Crippen LogP contribution in [0.3, 0.4) is 0 Å². The van der Waals surface area contributed by atoms with Crippen LogP contribution in [0.2, 0.25) is 0 Å². The number of halogens is 2. The van der Waals surface area contributed by atoms with Gasteiger partial charge in [-0.1, -0.05) is 18.2 Å². The Labute approximate surface area is 104 Å². The molecule has 4 nitrogen and oxygen atoms in total. The summed E-state index contributed by atoms with van der Waals surface area (Å²) in [4.78, 5) is 11.2. The molecule has 0 saturated carbocycles. The van der Waals surface area contributed by atoms with E-state index in [2.05, 4.69) is 9.47 Å². The summed E-state index contributed by atoms with van der Waals surface area (Å²) < 4.78 is 33.4. The first-order valence-electron chi connectivity index (χ1n) is 5.39. The topological polar surface area (TPSA) is 61.5 Å². The van der Waals surface area contributed by atoms with Gasteiger partial charge in [0.15, 0.2) is 0 Å². The fraction of sp³-hybridized carbons (Fsp3) is 0.417. The average molecular weight is 259 g/mol. The molecule has 2 N–H and O–H groups in total. The number of esters is 1. The second kappa shape index (κ2) is 6.90. The molecule has 0 saturated heterocycles. The summed E-state index contributed by atoms with van der Waals surface area (Å²) in [5, 5.41) is 0. The minimum atomic E-state index is -2.91. The molecule has 0 aliphatic rings. The Morgan fingerprint density at radius 1 is 1.39 bits per heavy atom. The number of hydrogen-bond donors (Lipinski definition) is 1. The van der Waals surface area contributed by atoms with Gasteiger partial charge < -0.3 is 15.2 Å². The van der Waals surface area contributed by atoms with Crippen LogP contribution in [0, 0.1) is 0 Å². The third-order valence-electron chi connectivity index (χ3n) is 2.50. The third-order valence-corrected chi connectivity index (χ3v) is 2.50. The molecule has 1 aromatic rings. The van der Waals surface area contributed by atoms with Crippen molar-refractivity contribution in [3.63, 3.8) is 0 Å². The van der Waals surface area contributed by atoms with Crippen LogP contribution in [0.25, 0.3) is 0 Å². The van der Waals surface area contributed by atoms with Crippen molar-refractivity contribution >= 4 is 5.97 Å². The molecule has 1 unspecified atom stereocenters. The summed E-state index contributed by atoms with van der Waals surface area (Å²) in [6, 6.07) is 6.28. The lowest BCUT2D eigenvalue weighted by Gasteiger charge is -2.17. The number of hydrogen-bond acceptors (Lipinski definition) is 4. The third kappa shape index (κ3) is 3.96. The standard InChI is InChI=1S/C12H15F2NO3/c1-17-11(16)6-8(7-15)9-4-2-3-5-10(9)18-12(13)14/h2-5,8,12H,6-7,15H2,1H3. The zero-order chi connectivity index (χ0) is 13.5. The lowest BCUT2D eigenvalue weighted by atomic mass is 9.95. The van der Waals surface area contributed by atoms with Crippen molar-refractivity contribution in [3.05, 3.63) is 29.8 Å². The Balaban J connectivity index is 2.93. The van der Waals surface area contributed by atoms with E-state index in [0.717, 1.165) is 0 Å². The van der Waals surface area contributed by atoms with Crippen LogP contribution in [-0.4, -0.2) is 26.2 Å². The second-order valence-electron chi connectivity index (χ2n) is 3.63. The number of carbonyl (C=O) groups excluding carboxylic acids is 1. The van der Waals surface area contributed by atoms with Crippen molar-refractivity contribution < 1.29 is 23.0 Å². The summed E-state index contributed by atoms with van der Waals surface area (Å²) in [5.41, 5.74) is 6.03. The highest BCUT2D eigenvalue weighted by atomic mass is 19.3. The Hall–Kier alpha value is -1.69. The maximum atomic E-state index is 12.3. The van der Waals surface area contributed by atoms with Gasteiger partial charge in [0.1, 0.15) is 5.75 Å². The quantitative estimate of drug-likeness (QED) is 0.792. The maximum Gasteiger partial charge on any atom is 0.387 e. The Bertz CT molecular complexity index is 399. The number of nitrogens with two attached hydrogens (primary N) is 1. The smallest absolute Gasteiger partial charge is 0.387 e. The number of methoxy groups -OCH3 is 1. The molecule has 0 radical (unpaired) electrons. The molecule has 0 heterocycles. The molecule has 0 aliphatic heterocycles. The average Bonchev–Trinajstić information content (AvgIpc) is 2.36. The van der Waals surface area contributed by atoms with Gasteiger partial charge in [-0.25, -0.2) is 0 Å². The fourth-order valence-electron chi connectivity index (χ4n) is 1.63. The molecule has 6 heteroatoms. The highest BCUT2D eigenvalue weighted by molar-refractivity contribution is 5.70. The number of benzene rings is 1. The monoisotopic (exact) mass is 259 g/mol. The van der Waals surface area contributed by atoms with Crippen LogP contribution in [0.4, 0.5) is 8.78 Å². The van der Waals surface area contributed by atoms with Crippen molar-refractivity contribution in [2.24, 2.45) is 5.73 Å². The molecule has 0 spiro atoms. The van der Waals surface area contributed by atoms with E-state index in [4.69, 9.17) is 5.73 Å². The van der Waals surface area contributed by atoms with Crippen molar-refractivity contribution in [2.75, 3.05) is 13.7 Å². The molecule has 1 aromatic carbocycles. The van der Waals surface area contributed by atoms with Crippen molar-refractivity contribution in [1.29, 1.82) is 0 Å². The van der Waals surface area contributed by atoms with Crippen LogP contribution in [-0.2, 0) is 9.53 Å².